The molecule has 0 aromatic rings. The van der Waals surface area contributed by atoms with Gasteiger partial charge in [0.1, 0.15) is 6.10 Å². The first kappa shape index (κ1) is 13.4. The first-order chi connectivity index (χ1) is 8.86. The largest absolute Gasteiger partial charge is 0.462 e. The molecule has 0 saturated heterocycles. The van der Waals surface area contributed by atoms with Gasteiger partial charge in [-0.05, 0) is 43.4 Å². The third-order valence-electron chi connectivity index (χ3n) is 6.84. The van der Waals surface area contributed by atoms with Gasteiger partial charge in [0, 0.05) is 11.5 Å². The number of ether oxygens (including phenoxy) is 1. The molecule has 19 heavy (non-hydrogen) atoms. The fourth-order valence-corrected chi connectivity index (χ4v) is 4.82. The van der Waals surface area contributed by atoms with Crippen LogP contribution in [0.3, 0.4) is 0 Å². The Morgan fingerprint density at radius 3 is 2.42 bits per heavy atom. The minimum atomic E-state index is -0.0501. The predicted molar refractivity (Wildman–Crippen MR) is 74.4 cm³/mol. The van der Waals surface area contributed by atoms with Crippen molar-refractivity contribution in [3.63, 3.8) is 0 Å². The molecule has 0 aromatic heterocycles. The lowest BCUT2D eigenvalue weighted by Crippen LogP contribution is -2.41. The van der Waals surface area contributed by atoms with Crippen molar-refractivity contribution in [2.45, 2.75) is 71.4 Å². The summed E-state index contributed by atoms with van der Waals surface area (Å²) in [6.07, 6.45) is 6.60. The van der Waals surface area contributed by atoms with E-state index in [2.05, 4.69) is 20.8 Å². The quantitative estimate of drug-likeness (QED) is 0.781. The molecule has 5 atom stereocenters. The Hall–Kier alpha value is -0.570. The maximum Gasteiger partial charge on any atom is 0.310 e. The lowest BCUT2D eigenvalue weighted by atomic mass is 9.70. The maximum absolute atomic E-state index is 12.3. The summed E-state index contributed by atoms with van der Waals surface area (Å²) in [6, 6.07) is 0.0203. The van der Waals surface area contributed by atoms with E-state index in [4.69, 9.17) is 10.5 Å². The highest BCUT2D eigenvalue weighted by Gasteiger charge is 2.63. The molecule has 108 valence electrons. The molecule has 3 aliphatic carbocycles. The summed E-state index contributed by atoms with van der Waals surface area (Å²) in [5, 5.41) is 0. The predicted octanol–water partition coefficient (Wildman–Crippen LogP) is 2.87. The highest BCUT2D eigenvalue weighted by Crippen LogP contribution is 2.66. The zero-order chi connectivity index (χ0) is 13.8. The minimum absolute atomic E-state index is 0.0203. The summed E-state index contributed by atoms with van der Waals surface area (Å²) in [7, 11) is 0. The molecule has 3 aliphatic rings. The highest BCUT2D eigenvalue weighted by atomic mass is 16.5. The molecule has 0 spiro atoms. The number of carbonyl (C=O) groups excluding carboxylic acids is 1. The number of hydrogen-bond acceptors (Lipinski definition) is 3. The van der Waals surface area contributed by atoms with E-state index in [0.29, 0.717) is 11.3 Å². The van der Waals surface area contributed by atoms with E-state index in [1.54, 1.807) is 0 Å². The van der Waals surface area contributed by atoms with Crippen molar-refractivity contribution < 1.29 is 9.53 Å². The van der Waals surface area contributed by atoms with Crippen LogP contribution in [-0.4, -0.2) is 18.1 Å². The van der Waals surface area contributed by atoms with E-state index in [-0.39, 0.29) is 29.4 Å². The fourth-order valence-electron chi connectivity index (χ4n) is 4.82. The highest BCUT2D eigenvalue weighted by molar-refractivity contribution is 5.74. The van der Waals surface area contributed by atoms with Crippen LogP contribution < -0.4 is 5.73 Å². The van der Waals surface area contributed by atoms with Crippen LogP contribution in [0.1, 0.15) is 59.3 Å². The third-order valence-corrected chi connectivity index (χ3v) is 6.84. The molecule has 2 N–H and O–H groups in total. The second-order valence-corrected chi connectivity index (χ2v) is 7.74. The van der Waals surface area contributed by atoms with E-state index >= 15 is 0 Å². The summed E-state index contributed by atoms with van der Waals surface area (Å²) in [6.45, 7) is 7.01. The molecule has 2 bridgehead atoms. The van der Waals surface area contributed by atoms with Gasteiger partial charge in [-0.3, -0.25) is 4.79 Å². The summed E-state index contributed by atoms with van der Waals surface area (Å²) in [4.78, 5) is 12.3. The molecule has 3 fully saturated rings. The van der Waals surface area contributed by atoms with Gasteiger partial charge in [-0.25, -0.2) is 0 Å². The smallest absolute Gasteiger partial charge is 0.310 e. The summed E-state index contributed by atoms with van der Waals surface area (Å²) in [5.41, 5.74) is 6.48. The van der Waals surface area contributed by atoms with Crippen LogP contribution in [-0.2, 0) is 9.53 Å². The molecule has 3 rings (SSSR count). The zero-order valence-corrected chi connectivity index (χ0v) is 12.4. The van der Waals surface area contributed by atoms with Crippen LogP contribution in [0, 0.1) is 22.7 Å². The molecule has 3 nitrogen and oxygen atoms in total. The van der Waals surface area contributed by atoms with Crippen LogP contribution in [0.5, 0.6) is 0 Å². The summed E-state index contributed by atoms with van der Waals surface area (Å²) < 4.78 is 5.92. The van der Waals surface area contributed by atoms with E-state index in [0.717, 1.165) is 25.7 Å². The number of fused-ring (bicyclic) bond motifs is 2. The Bertz CT molecular complexity index is 392. The Labute approximate surface area is 116 Å². The van der Waals surface area contributed by atoms with Crippen molar-refractivity contribution in [1.82, 2.24) is 0 Å². The molecule has 0 radical (unpaired) electrons. The van der Waals surface area contributed by atoms with Crippen molar-refractivity contribution in [3.05, 3.63) is 0 Å². The number of rotatable bonds is 2. The van der Waals surface area contributed by atoms with Gasteiger partial charge in [0.25, 0.3) is 0 Å². The van der Waals surface area contributed by atoms with Gasteiger partial charge < -0.3 is 10.5 Å². The van der Waals surface area contributed by atoms with Gasteiger partial charge in [0.2, 0.25) is 0 Å². The topological polar surface area (TPSA) is 52.3 Å². The van der Waals surface area contributed by atoms with Crippen LogP contribution in [0.15, 0.2) is 0 Å². The lowest BCUT2D eigenvalue weighted by Gasteiger charge is -2.38. The van der Waals surface area contributed by atoms with Gasteiger partial charge in [0.15, 0.2) is 0 Å². The van der Waals surface area contributed by atoms with Crippen LogP contribution in [0.2, 0.25) is 0 Å². The lowest BCUT2D eigenvalue weighted by molar-refractivity contribution is -0.162. The standard InChI is InChI=1S/C16H27NO2/c1-15(2)10-7-8-16(15,3)13(9-10)19-14(18)11-5-4-6-12(11)17/h10-13H,4-9,17H2,1-3H3. The average Bonchev–Trinajstić information content (AvgIpc) is 2.90. The van der Waals surface area contributed by atoms with Crippen molar-refractivity contribution >= 4 is 5.97 Å². The third kappa shape index (κ3) is 1.77. The molecule has 3 heteroatoms. The SMILES string of the molecule is CC1(C)C2CCC1(C)C(OC(=O)C1CCCC1N)C2. The zero-order valence-electron chi connectivity index (χ0n) is 12.4. The Morgan fingerprint density at radius 1 is 1.21 bits per heavy atom. The van der Waals surface area contributed by atoms with Crippen LogP contribution in [0.25, 0.3) is 0 Å². The number of carbonyl (C=O) groups is 1. The Balaban J connectivity index is 1.70. The molecule has 0 aromatic carbocycles. The van der Waals surface area contributed by atoms with Crippen molar-refractivity contribution in [2.75, 3.05) is 0 Å². The molecule has 0 amide bonds. The molecular weight excluding hydrogens is 238 g/mol. The number of nitrogens with two attached hydrogens (primary N) is 1. The van der Waals surface area contributed by atoms with E-state index in [1.807, 2.05) is 0 Å². The molecule has 5 unspecified atom stereocenters. The van der Waals surface area contributed by atoms with Crippen molar-refractivity contribution in [2.24, 2.45) is 28.4 Å². The van der Waals surface area contributed by atoms with Gasteiger partial charge in [0.05, 0.1) is 5.92 Å². The van der Waals surface area contributed by atoms with E-state index in [1.165, 1.54) is 12.8 Å². The van der Waals surface area contributed by atoms with Crippen LogP contribution >= 0.6 is 0 Å². The summed E-state index contributed by atoms with van der Waals surface area (Å²) >= 11 is 0. The average molecular weight is 265 g/mol. The molecule has 3 saturated carbocycles. The van der Waals surface area contributed by atoms with Crippen molar-refractivity contribution in [3.8, 4) is 0 Å². The normalized spacial score (nSPS) is 47.6. The van der Waals surface area contributed by atoms with Gasteiger partial charge in [-0.1, -0.05) is 27.2 Å². The van der Waals surface area contributed by atoms with Crippen LogP contribution in [0.4, 0.5) is 0 Å². The van der Waals surface area contributed by atoms with Crippen molar-refractivity contribution in [1.29, 1.82) is 0 Å². The second-order valence-electron chi connectivity index (χ2n) is 7.74. The monoisotopic (exact) mass is 265 g/mol. The summed E-state index contributed by atoms with van der Waals surface area (Å²) in [5.74, 6) is 0.637. The first-order valence-electron chi connectivity index (χ1n) is 7.82. The molecule has 0 heterocycles. The molecular formula is C16H27NO2. The van der Waals surface area contributed by atoms with Gasteiger partial charge in [-0.15, -0.1) is 0 Å². The Kier molecular flexibility index (Phi) is 2.97. The number of hydrogen-bond donors (Lipinski definition) is 1. The van der Waals surface area contributed by atoms with E-state index < -0.39 is 0 Å². The first-order valence-corrected chi connectivity index (χ1v) is 7.82. The van der Waals surface area contributed by atoms with Gasteiger partial charge in [-0.2, -0.15) is 0 Å². The maximum atomic E-state index is 12.3. The fraction of sp³-hybridized carbons (Fsp3) is 0.938. The van der Waals surface area contributed by atoms with Gasteiger partial charge >= 0.3 is 5.97 Å². The van der Waals surface area contributed by atoms with E-state index in [9.17, 15) is 4.79 Å². The minimum Gasteiger partial charge on any atom is -0.462 e. The second kappa shape index (κ2) is 4.21. The molecule has 0 aliphatic heterocycles. The number of esters is 1. The Morgan fingerprint density at radius 2 is 1.95 bits per heavy atom.